The lowest BCUT2D eigenvalue weighted by Gasteiger charge is -2.17. The first-order chi connectivity index (χ1) is 12.9. The highest BCUT2D eigenvalue weighted by Crippen LogP contribution is 2.30. The molecule has 10 heteroatoms. The van der Waals surface area contributed by atoms with E-state index in [0.717, 1.165) is 5.56 Å². The Hall–Kier alpha value is -3.03. The number of nitriles is 1. The van der Waals surface area contributed by atoms with Crippen LogP contribution in [0.25, 0.3) is 16.9 Å². The van der Waals surface area contributed by atoms with Crippen LogP contribution in [0, 0.1) is 24.2 Å². The van der Waals surface area contributed by atoms with Crippen LogP contribution < -0.4 is 5.73 Å². The summed E-state index contributed by atoms with van der Waals surface area (Å²) in [6.45, 7) is 2.46. The third kappa shape index (κ3) is 2.81. The number of hydrogen-bond donors (Lipinski definition) is 1. The van der Waals surface area contributed by atoms with Gasteiger partial charge in [0.15, 0.2) is 11.5 Å². The van der Waals surface area contributed by atoms with Gasteiger partial charge in [0.1, 0.15) is 6.33 Å². The average molecular weight is 383 g/mol. The van der Waals surface area contributed by atoms with Gasteiger partial charge in [-0.1, -0.05) is 6.07 Å². The van der Waals surface area contributed by atoms with Crippen molar-refractivity contribution in [3.05, 3.63) is 36.3 Å². The van der Waals surface area contributed by atoms with Crippen molar-refractivity contribution < 1.29 is 8.42 Å². The largest absolute Gasteiger partial charge is 0.381 e. The summed E-state index contributed by atoms with van der Waals surface area (Å²) < 4.78 is 28.9. The predicted octanol–water partition coefficient (Wildman–Crippen LogP) is 1.22. The zero-order chi connectivity index (χ0) is 19.2. The SMILES string of the molecule is Cc1ccc(S(=O)(=O)N2CC[C@@H](C#N)C2)cc1-c1cnc2c(N)ncnn12. The van der Waals surface area contributed by atoms with Crippen LogP contribution in [0.4, 0.5) is 5.82 Å². The van der Waals surface area contributed by atoms with Crippen molar-refractivity contribution in [3.63, 3.8) is 0 Å². The highest BCUT2D eigenvalue weighted by atomic mass is 32.2. The maximum Gasteiger partial charge on any atom is 0.243 e. The molecule has 1 saturated heterocycles. The summed E-state index contributed by atoms with van der Waals surface area (Å²) in [7, 11) is -3.68. The van der Waals surface area contributed by atoms with Gasteiger partial charge in [-0.25, -0.2) is 22.9 Å². The summed E-state index contributed by atoms with van der Waals surface area (Å²) in [5.74, 6) is -0.0135. The Balaban J connectivity index is 1.80. The van der Waals surface area contributed by atoms with Crippen LogP contribution in [0.1, 0.15) is 12.0 Å². The average Bonchev–Trinajstić information content (AvgIpc) is 3.30. The van der Waals surface area contributed by atoms with Gasteiger partial charge in [-0.15, -0.1) is 0 Å². The van der Waals surface area contributed by atoms with Crippen molar-refractivity contribution >= 4 is 21.5 Å². The molecule has 2 N–H and O–H groups in total. The number of nitrogen functional groups attached to an aromatic ring is 1. The topological polar surface area (TPSA) is 130 Å². The van der Waals surface area contributed by atoms with E-state index in [4.69, 9.17) is 11.0 Å². The molecule has 0 spiro atoms. The Morgan fingerprint density at radius 3 is 2.89 bits per heavy atom. The van der Waals surface area contributed by atoms with Crippen LogP contribution in [0.2, 0.25) is 0 Å². The van der Waals surface area contributed by atoms with Crippen molar-refractivity contribution in [2.45, 2.75) is 18.2 Å². The summed E-state index contributed by atoms with van der Waals surface area (Å²) in [5, 5.41) is 13.2. The smallest absolute Gasteiger partial charge is 0.243 e. The molecule has 3 heterocycles. The molecule has 1 aliphatic rings. The molecule has 138 valence electrons. The molecule has 0 bridgehead atoms. The van der Waals surface area contributed by atoms with Crippen LogP contribution in [-0.4, -0.2) is 45.4 Å². The standard InChI is InChI=1S/C17H17N7O2S/c1-11-2-3-13(27(25,26)23-5-4-12(7-18)9-23)6-14(11)15-8-20-17-16(19)21-10-22-24(15)17/h2-3,6,8,10,12H,4-5,9H2,1H3,(H2,19,21,22)/t12-/m0/s1. The van der Waals surface area contributed by atoms with Gasteiger partial charge in [0.25, 0.3) is 0 Å². The van der Waals surface area contributed by atoms with Gasteiger partial charge in [-0.2, -0.15) is 14.7 Å². The number of nitrogens with zero attached hydrogens (tertiary/aromatic N) is 6. The Morgan fingerprint density at radius 1 is 1.33 bits per heavy atom. The summed E-state index contributed by atoms with van der Waals surface area (Å²) in [5.41, 5.74) is 8.44. The third-order valence-electron chi connectivity index (χ3n) is 4.79. The summed E-state index contributed by atoms with van der Waals surface area (Å²) >= 11 is 0. The molecule has 0 unspecified atom stereocenters. The van der Waals surface area contributed by atoms with Gasteiger partial charge in [-0.05, 0) is 31.0 Å². The Labute approximate surface area is 156 Å². The summed E-state index contributed by atoms with van der Waals surface area (Å²) in [6, 6.07) is 7.10. The second kappa shape index (κ2) is 6.29. The van der Waals surface area contributed by atoms with Crippen LogP contribution in [0.3, 0.4) is 0 Å². The van der Waals surface area contributed by atoms with E-state index in [-0.39, 0.29) is 23.2 Å². The highest BCUT2D eigenvalue weighted by Gasteiger charge is 2.33. The maximum atomic E-state index is 13.0. The van der Waals surface area contributed by atoms with E-state index in [9.17, 15) is 8.42 Å². The number of aryl methyl sites for hydroxylation is 1. The number of rotatable bonds is 3. The van der Waals surface area contributed by atoms with Gasteiger partial charge in [-0.3, -0.25) is 0 Å². The van der Waals surface area contributed by atoms with Gasteiger partial charge >= 0.3 is 0 Å². The van der Waals surface area contributed by atoms with E-state index < -0.39 is 10.0 Å². The van der Waals surface area contributed by atoms with E-state index in [1.54, 1.807) is 28.9 Å². The fraction of sp³-hybridized carbons (Fsp3) is 0.294. The first-order valence-electron chi connectivity index (χ1n) is 8.37. The third-order valence-corrected chi connectivity index (χ3v) is 6.65. The lowest BCUT2D eigenvalue weighted by Crippen LogP contribution is -2.28. The maximum absolute atomic E-state index is 13.0. The zero-order valence-electron chi connectivity index (χ0n) is 14.6. The monoisotopic (exact) mass is 383 g/mol. The van der Waals surface area contributed by atoms with E-state index >= 15 is 0 Å². The number of sulfonamides is 1. The van der Waals surface area contributed by atoms with Gasteiger partial charge in [0.2, 0.25) is 10.0 Å². The molecule has 9 nitrogen and oxygen atoms in total. The quantitative estimate of drug-likeness (QED) is 0.719. The second-order valence-electron chi connectivity index (χ2n) is 6.48. The number of aromatic nitrogens is 4. The molecule has 1 fully saturated rings. The molecule has 27 heavy (non-hydrogen) atoms. The van der Waals surface area contributed by atoms with Gasteiger partial charge in [0, 0.05) is 18.7 Å². The molecule has 1 aromatic carbocycles. The zero-order valence-corrected chi connectivity index (χ0v) is 15.4. The number of hydrogen-bond acceptors (Lipinski definition) is 7. The molecule has 0 amide bonds. The van der Waals surface area contributed by atoms with Gasteiger partial charge in [0.05, 0.1) is 28.8 Å². The molecular weight excluding hydrogens is 366 g/mol. The normalized spacial score (nSPS) is 18.0. The molecule has 3 aromatic rings. The second-order valence-corrected chi connectivity index (χ2v) is 8.42. The van der Waals surface area contributed by atoms with E-state index in [1.807, 2.05) is 6.92 Å². The summed E-state index contributed by atoms with van der Waals surface area (Å²) in [6.07, 6.45) is 3.48. The van der Waals surface area contributed by atoms with Crippen LogP contribution in [0.5, 0.6) is 0 Å². The number of benzene rings is 1. The Bertz CT molecular complexity index is 1180. The predicted molar refractivity (Wildman–Crippen MR) is 97.8 cm³/mol. The van der Waals surface area contributed by atoms with E-state index in [1.165, 1.54) is 10.6 Å². The molecular formula is C17H17N7O2S. The number of imidazole rings is 1. The molecule has 1 aliphatic heterocycles. The van der Waals surface area contributed by atoms with Crippen LogP contribution >= 0.6 is 0 Å². The van der Waals surface area contributed by atoms with Crippen molar-refractivity contribution in [2.75, 3.05) is 18.8 Å². The minimum atomic E-state index is -3.68. The molecule has 1 atom stereocenters. The molecule has 0 radical (unpaired) electrons. The highest BCUT2D eigenvalue weighted by molar-refractivity contribution is 7.89. The molecule has 0 saturated carbocycles. The lowest BCUT2D eigenvalue weighted by atomic mass is 10.1. The summed E-state index contributed by atoms with van der Waals surface area (Å²) in [4.78, 5) is 8.34. The fourth-order valence-corrected chi connectivity index (χ4v) is 4.78. The number of nitrogens with two attached hydrogens (primary N) is 1. The molecule has 0 aliphatic carbocycles. The minimum Gasteiger partial charge on any atom is -0.381 e. The van der Waals surface area contributed by atoms with Crippen LogP contribution in [0.15, 0.2) is 35.6 Å². The first-order valence-corrected chi connectivity index (χ1v) is 9.81. The van der Waals surface area contributed by atoms with Crippen molar-refractivity contribution in [3.8, 4) is 17.3 Å². The molecule has 4 rings (SSSR count). The minimum absolute atomic E-state index is 0.179. The Kier molecular flexibility index (Phi) is 4.05. The van der Waals surface area contributed by atoms with Crippen molar-refractivity contribution in [1.82, 2.24) is 23.9 Å². The van der Waals surface area contributed by atoms with Crippen molar-refractivity contribution in [2.24, 2.45) is 5.92 Å². The Morgan fingerprint density at radius 2 is 2.15 bits per heavy atom. The van der Waals surface area contributed by atoms with Crippen LogP contribution in [-0.2, 0) is 10.0 Å². The van der Waals surface area contributed by atoms with Gasteiger partial charge < -0.3 is 5.73 Å². The molecule has 2 aromatic heterocycles. The van der Waals surface area contributed by atoms with E-state index in [0.29, 0.717) is 29.9 Å². The lowest BCUT2D eigenvalue weighted by molar-refractivity contribution is 0.471. The number of fused-ring (bicyclic) bond motifs is 1. The first kappa shape index (κ1) is 17.4. The fourth-order valence-electron chi connectivity index (χ4n) is 3.26. The number of anilines is 1. The van der Waals surface area contributed by atoms with Crippen molar-refractivity contribution in [1.29, 1.82) is 5.26 Å². The van der Waals surface area contributed by atoms with E-state index in [2.05, 4.69) is 21.1 Å².